The third kappa shape index (κ3) is 4.33. The summed E-state index contributed by atoms with van der Waals surface area (Å²) in [5, 5.41) is 3.75. The molecular weight excluding hydrogens is 348 g/mol. The summed E-state index contributed by atoms with van der Waals surface area (Å²) in [4.78, 5) is 22.8. The Morgan fingerprint density at radius 2 is 2.19 bits per heavy atom. The molecule has 1 saturated heterocycles. The molecule has 2 aromatic rings. The molecule has 3 heterocycles. The van der Waals surface area contributed by atoms with Crippen molar-refractivity contribution in [2.45, 2.75) is 44.9 Å². The fourth-order valence-corrected chi connectivity index (χ4v) is 3.96. The van der Waals surface area contributed by atoms with Crippen LogP contribution in [0.4, 0.5) is 0 Å². The summed E-state index contributed by atoms with van der Waals surface area (Å²) in [5.74, 6) is 1.33. The quantitative estimate of drug-likeness (QED) is 0.759. The standard InChI is InChI=1S/C19H24N4O4/c1-13-21-18(27-22-13)10-19(24)23-6-7-26-17-9-15(8-16(17)23)12-25-11-14-2-4-20-5-3-14/h2-5,15-17H,6-12H2,1H3/t15-,16-,17+/m0/s1. The largest absolute Gasteiger partial charge is 0.376 e. The Bertz CT molecular complexity index is 766. The highest BCUT2D eigenvalue weighted by atomic mass is 16.5. The number of pyridine rings is 1. The molecular formula is C19H24N4O4. The molecule has 2 fully saturated rings. The van der Waals surface area contributed by atoms with E-state index in [-0.39, 0.29) is 24.5 Å². The first-order valence-electron chi connectivity index (χ1n) is 9.36. The molecule has 0 spiro atoms. The van der Waals surface area contributed by atoms with Crippen molar-refractivity contribution in [3.63, 3.8) is 0 Å². The van der Waals surface area contributed by atoms with E-state index in [0.717, 1.165) is 18.4 Å². The van der Waals surface area contributed by atoms with Gasteiger partial charge in [-0.25, -0.2) is 0 Å². The average molecular weight is 372 g/mol. The highest BCUT2D eigenvalue weighted by Gasteiger charge is 2.42. The van der Waals surface area contributed by atoms with Gasteiger partial charge in [-0.05, 0) is 43.4 Å². The summed E-state index contributed by atoms with van der Waals surface area (Å²) in [6.07, 6.45) is 5.59. The van der Waals surface area contributed by atoms with Crippen molar-refractivity contribution >= 4 is 5.91 Å². The number of hydrogen-bond acceptors (Lipinski definition) is 7. The lowest BCUT2D eigenvalue weighted by molar-refractivity contribution is -0.143. The number of hydrogen-bond donors (Lipinski definition) is 0. The van der Waals surface area contributed by atoms with Crippen molar-refractivity contribution in [1.82, 2.24) is 20.0 Å². The predicted octanol–water partition coefficient (Wildman–Crippen LogP) is 1.54. The van der Waals surface area contributed by atoms with Gasteiger partial charge in [-0.15, -0.1) is 0 Å². The van der Waals surface area contributed by atoms with E-state index in [2.05, 4.69) is 15.1 Å². The molecule has 8 heteroatoms. The Hall–Kier alpha value is -2.32. The van der Waals surface area contributed by atoms with E-state index in [9.17, 15) is 4.79 Å². The lowest BCUT2D eigenvalue weighted by Crippen LogP contribution is -2.51. The average Bonchev–Trinajstić information content (AvgIpc) is 3.27. The van der Waals surface area contributed by atoms with Crippen LogP contribution in [0.2, 0.25) is 0 Å². The number of aryl methyl sites for hydroxylation is 1. The van der Waals surface area contributed by atoms with Crippen LogP contribution < -0.4 is 0 Å². The molecule has 27 heavy (non-hydrogen) atoms. The predicted molar refractivity (Wildman–Crippen MR) is 94.6 cm³/mol. The first-order chi connectivity index (χ1) is 13.2. The Morgan fingerprint density at radius 1 is 1.33 bits per heavy atom. The van der Waals surface area contributed by atoms with E-state index in [1.165, 1.54) is 0 Å². The van der Waals surface area contributed by atoms with Gasteiger partial charge in [0.25, 0.3) is 0 Å². The van der Waals surface area contributed by atoms with E-state index in [1.54, 1.807) is 19.3 Å². The lowest BCUT2D eigenvalue weighted by atomic mass is 10.1. The monoisotopic (exact) mass is 372 g/mol. The van der Waals surface area contributed by atoms with Gasteiger partial charge < -0.3 is 18.9 Å². The molecule has 8 nitrogen and oxygen atoms in total. The van der Waals surface area contributed by atoms with Crippen molar-refractivity contribution in [3.05, 3.63) is 41.8 Å². The molecule has 1 aliphatic heterocycles. The first kappa shape index (κ1) is 18.1. The molecule has 1 saturated carbocycles. The zero-order chi connectivity index (χ0) is 18.6. The third-order valence-electron chi connectivity index (χ3n) is 5.20. The van der Waals surface area contributed by atoms with E-state index >= 15 is 0 Å². The molecule has 1 aliphatic carbocycles. The Morgan fingerprint density at radius 3 is 2.96 bits per heavy atom. The normalized spacial score (nSPS) is 24.8. The zero-order valence-electron chi connectivity index (χ0n) is 15.4. The van der Waals surface area contributed by atoms with Gasteiger partial charge in [0.1, 0.15) is 6.42 Å². The molecule has 0 aromatic carbocycles. The number of ether oxygens (including phenoxy) is 2. The van der Waals surface area contributed by atoms with Crippen LogP contribution in [0.3, 0.4) is 0 Å². The molecule has 4 rings (SSSR count). The number of carbonyl (C=O) groups is 1. The summed E-state index contributed by atoms with van der Waals surface area (Å²) in [7, 11) is 0. The Labute approximate surface area is 157 Å². The number of fused-ring (bicyclic) bond motifs is 1. The Balaban J connectivity index is 1.30. The van der Waals surface area contributed by atoms with Crippen LogP contribution in [0.5, 0.6) is 0 Å². The number of nitrogens with zero attached hydrogens (tertiary/aromatic N) is 4. The minimum absolute atomic E-state index is 0.0234. The van der Waals surface area contributed by atoms with Crippen molar-refractivity contribution in [1.29, 1.82) is 0 Å². The second-order valence-corrected chi connectivity index (χ2v) is 7.18. The first-order valence-corrected chi connectivity index (χ1v) is 9.36. The van der Waals surface area contributed by atoms with Crippen LogP contribution in [-0.4, -0.2) is 57.8 Å². The highest BCUT2D eigenvalue weighted by Crippen LogP contribution is 2.34. The minimum Gasteiger partial charge on any atom is -0.376 e. The molecule has 1 amide bonds. The molecule has 144 valence electrons. The van der Waals surface area contributed by atoms with Crippen molar-refractivity contribution in [2.75, 3.05) is 19.8 Å². The maximum absolute atomic E-state index is 12.7. The zero-order valence-corrected chi connectivity index (χ0v) is 15.4. The summed E-state index contributed by atoms with van der Waals surface area (Å²) in [5.41, 5.74) is 1.11. The van der Waals surface area contributed by atoms with Crippen LogP contribution in [-0.2, 0) is 27.3 Å². The summed E-state index contributed by atoms with van der Waals surface area (Å²) >= 11 is 0. The van der Waals surface area contributed by atoms with Crippen molar-refractivity contribution < 1.29 is 18.8 Å². The van der Waals surface area contributed by atoms with Crippen LogP contribution in [0.25, 0.3) is 0 Å². The SMILES string of the molecule is Cc1noc(CC(=O)N2CCO[C@@H]3C[C@@H](COCc4ccncc4)C[C@@H]32)n1. The van der Waals surface area contributed by atoms with Gasteiger partial charge in [0, 0.05) is 18.9 Å². The van der Waals surface area contributed by atoms with E-state index in [1.807, 2.05) is 17.0 Å². The minimum atomic E-state index is 0.0234. The summed E-state index contributed by atoms with van der Waals surface area (Å²) in [6.45, 7) is 4.17. The van der Waals surface area contributed by atoms with E-state index in [4.69, 9.17) is 14.0 Å². The molecule has 0 bridgehead atoms. The van der Waals surface area contributed by atoms with Crippen LogP contribution in [0.15, 0.2) is 29.0 Å². The number of amides is 1. The summed E-state index contributed by atoms with van der Waals surface area (Å²) < 4.78 is 16.9. The number of morpholine rings is 1. The maximum Gasteiger partial charge on any atom is 0.236 e. The second-order valence-electron chi connectivity index (χ2n) is 7.18. The van der Waals surface area contributed by atoms with Crippen LogP contribution in [0.1, 0.15) is 30.1 Å². The van der Waals surface area contributed by atoms with Gasteiger partial charge in [0.15, 0.2) is 5.82 Å². The smallest absolute Gasteiger partial charge is 0.236 e. The number of carbonyl (C=O) groups excluding carboxylic acids is 1. The topological polar surface area (TPSA) is 90.6 Å². The third-order valence-corrected chi connectivity index (χ3v) is 5.20. The maximum atomic E-state index is 12.7. The summed E-state index contributed by atoms with van der Waals surface area (Å²) in [6, 6.07) is 4.01. The number of aromatic nitrogens is 3. The van der Waals surface area contributed by atoms with Gasteiger partial charge in [-0.3, -0.25) is 9.78 Å². The molecule has 0 unspecified atom stereocenters. The van der Waals surface area contributed by atoms with Gasteiger partial charge in [-0.2, -0.15) is 4.98 Å². The fraction of sp³-hybridized carbons (Fsp3) is 0.579. The van der Waals surface area contributed by atoms with Gasteiger partial charge in [-0.1, -0.05) is 5.16 Å². The van der Waals surface area contributed by atoms with E-state index < -0.39 is 0 Å². The van der Waals surface area contributed by atoms with Crippen LogP contribution in [0, 0.1) is 12.8 Å². The Kier molecular flexibility index (Phi) is 5.45. The molecule has 0 N–H and O–H groups in total. The highest BCUT2D eigenvalue weighted by molar-refractivity contribution is 5.78. The molecule has 0 radical (unpaired) electrons. The van der Waals surface area contributed by atoms with Crippen LogP contribution >= 0.6 is 0 Å². The molecule has 2 aromatic heterocycles. The number of rotatable bonds is 6. The van der Waals surface area contributed by atoms with Crippen molar-refractivity contribution in [3.8, 4) is 0 Å². The molecule has 3 atom stereocenters. The fourth-order valence-electron chi connectivity index (χ4n) is 3.96. The molecule has 2 aliphatic rings. The second kappa shape index (κ2) is 8.14. The van der Waals surface area contributed by atoms with Crippen molar-refractivity contribution in [2.24, 2.45) is 5.92 Å². The van der Waals surface area contributed by atoms with Gasteiger partial charge in [0.05, 0.1) is 32.0 Å². The van der Waals surface area contributed by atoms with Gasteiger partial charge >= 0.3 is 0 Å². The lowest BCUT2D eigenvalue weighted by Gasteiger charge is -2.37. The van der Waals surface area contributed by atoms with Gasteiger partial charge in [0.2, 0.25) is 11.8 Å². The van der Waals surface area contributed by atoms with E-state index in [0.29, 0.717) is 44.0 Å².